The van der Waals surface area contributed by atoms with Crippen molar-refractivity contribution in [1.29, 1.82) is 0 Å². The number of carbonyl (C=O) groups excluding carboxylic acids is 2. The number of ether oxygens (including phenoxy) is 1. The second-order valence-electron chi connectivity index (χ2n) is 5.88. The van der Waals surface area contributed by atoms with E-state index in [1.54, 1.807) is 12.2 Å². The summed E-state index contributed by atoms with van der Waals surface area (Å²) in [5.74, 6) is -0.268. The molecule has 1 atom stereocenters. The van der Waals surface area contributed by atoms with Gasteiger partial charge < -0.3 is 9.84 Å². The number of unbranched alkanes of at least 4 members (excludes halogenated alkanes) is 4. The fraction of sp³-hybridized carbons (Fsp3) is 0.579. The Morgan fingerprint density at radius 2 is 1.96 bits per heavy atom. The number of hydrogen-bond donors (Lipinski definition) is 1. The molecule has 0 fully saturated rings. The van der Waals surface area contributed by atoms with Gasteiger partial charge in [0.2, 0.25) is 0 Å². The smallest absolute Gasteiger partial charge is 0.305 e. The van der Waals surface area contributed by atoms with Crippen LogP contribution >= 0.6 is 0 Å². The van der Waals surface area contributed by atoms with E-state index in [4.69, 9.17) is 0 Å². The zero-order valence-electron chi connectivity index (χ0n) is 14.2. The molecule has 0 aromatic carbocycles. The number of esters is 1. The van der Waals surface area contributed by atoms with Crippen LogP contribution in [0.1, 0.15) is 58.3 Å². The molecule has 128 valence electrons. The summed E-state index contributed by atoms with van der Waals surface area (Å²) in [4.78, 5) is 22.8. The van der Waals surface area contributed by atoms with Crippen molar-refractivity contribution < 1.29 is 19.4 Å². The second kappa shape index (κ2) is 10.2. The minimum atomic E-state index is -1.12. The molecular weight excluding hydrogens is 292 g/mol. The Balaban J connectivity index is 2.33. The molecule has 4 heteroatoms. The molecule has 0 amide bonds. The summed E-state index contributed by atoms with van der Waals surface area (Å²) in [6.45, 7) is 2.02. The molecule has 0 spiro atoms. The van der Waals surface area contributed by atoms with Gasteiger partial charge in [0, 0.05) is 12.0 Å². The van der Waals surface area contributed by atoms with Gasteiger partial charge >= 0.3 is 5.97 Å². The zero-order valence-corrected chi connectivity index (χ0v) is 14.2. The predicted molar refractivity (Wildman–Crippen MR) is 90.9 cm³/mol. The number of methoxy groups -OCH3 is 1. The minimum absolute atomic E-state index is 0.105. The van der Waals surface area contributed by atoms with Gasteiger partial charge in [-0.1, -0.05) is 44.4 Å². The van der Waals surface area contributed by atoms with E-state index in [1.807, 2.05) is 19.1 Å². The lowest BCUT2D eigenvalue weighted by molar-refractivity contribution is -0.140. The van der Waals surface area contributed by atoms with Gasteiger partial charge in [-0.15, -0.1) is 0 Å². The van der Waals surface area contributed by atoms with E-state index in [0.717, 1.165) is 38.5 Å². The third-order valence-electron chi connectivity index (χ3n) is 4.04. The summed E-state index contributed by atoms with van der Waals surface area (Å²) in [6, 6.07) is 0. The largest absolute Gasteiger partial charge is 0.469 e. The van der Waals surface area contributed by atoms with Crippen molar-refractivity contribution >= 4 is 11.8 Å². The monoisotopic (exact) mass is 320 g/mol. The summed E-state index contributed by atoms with van der Waals surface area (Å²) in [7, 11) is 1.40. The summed E-state index contributed by atoms with van der Waals surface area (Å²) < 4.78 is 4.60. The number of carbonyl (C=O) groups is 2. The van der Waals surface area contributed by atoms with E-state index >= 15 is 0 Å². The van der Waals surface area contributed by atoms with Crippen molar-refractivity contribution in [2.75, 3.05) is 7.11 Å². The fourth-order valence-corrected chi connectivity index (χ4v) is 2.65. The van der Waals surface area contributed by atoms with Gasteiger partial charge in [0.05, 0.1) is 7.11 Å². The zero-order chi connectivity index (χ0) is 17.1. The van der Waals surface area contributed by atoms with Crippen LogP contribution in [0.5, 0.6) is 0 Å². The van der Waals surface area contributed by atoms with Crippen LogP contribution in [0.2, 0.25) is 0 Å². The molecule has 0 aliphatic heterocycles. The van der Waals surface area contributed by atoms with Gasteiger partial charge in [-0.25, -0.2) is 0 Å². The first kappa shape index (κ1) is 19.4. The number of aliphatic hydroxyl groups is 1. The van der Waals surface area contributed by atoms with Crippen LogP contribution in [0.3, 0.4) is 0 Å². The van der Waals surface area contributed by atoms with Crippen molar-refractivity contribution in [3.8, 4) is 0 Å². The van der Waals surface area contributed by atoms with Gasteiger partial charge in [-0.05, 0) is 37.8 Å². The summed E-state index contributed by atoms with van der Waals surface area (Å²) >= 11 is 0. The van der Waals surface area contributed by atoms with E-state index in [-0.39, 0.29) is 11.8 Å². The maximum Gasteiger partial charge on any atom is 0.305 e. The molecule has 0 radical (unpaired) electrons. The molecule has 0 aromatic heterocycles. The lowest BCUT2D eigenvalue weighted by Crippen LogP contribution is -2.27. The van der Waals surface area contributed by atoms with Crippen molar-refractivity contribution in [2.45, 2.75) is 63.9 Å². The molecular formula is C19H28O4. The molecule has 1 rings (SSSR count). The lowest BCUT2D eigenvalue weighted by atomic mass is 9.90. The van der Waals surface area contributed by atoms with Crippen LogP contribution in [0.4, 0.5) is 0 Å². The van der Waals surface area contributed by atoms with E-state index < -0.39 is 5.60 Å². The highest BCUT2D eigenvalue weighted by molar-refractivity contribution is 6.09. The highest BCUT2D eigenvalue weighted by Gasteiger charge is 2.36. The summed E-state index contributed by atoms with van der Waals surface area (Å²) in [6.07, 6.45) is 15.2. The first-order valence-electron chi connectivity index (χ1n) is 8.43. The number of allylic oxidation sites excluding steroid dienone is 4. The molecule has 4 nitrogen and oxygen atoms in total. The van der Waals surface area contributed by atoms with Gasteiger partial charge in [0.1, 0.15) is 5.60 Å². The maximum atomic E-state index is 11.9. The molecule has 0 bridgehead atoms. The second-order valence-corrected chi connectivity index (χ2v) is 5.88. The lowest BCUT2D eigenvalue weighted by Gasteiger charge is -2.22. The Bertz CT molecular complexity index is 488. The van der Waals surface area contributed by atoms with Crippen molar-refractivity contribution in [3.63, 3.8) is 0 Å². The van der Waals surface area contributed by atoms with Crippen molar-refractivity contribution in [1.82, 2.24) is 0 Å². The molecule has 23 heavy (non-hydrogen) atoms. The van der Waals surface area contributed by atoms with E-state index in [9.17, 15) is 14.7 Å². The normalized spacial score (nSPS) is 22.4. The third-order valence-corrected chi connectivity index (χ3v) is 4.04. The van der Waals surface area contributed by atoms with Crippen LogP contribution in [0, 0.1) is 0 Å². The topological polar surface area (TPSA) is 63.6 Å². The van der Waals surface area contributed by atoms with Crippen LogP contribution in [0.15, 0.2) is 36.0 Å². The van der Waals surface area contributed by atoms with Crippen LogP contribution in [0.25, 0.3) is 0 Å². The van der Waals surface area contributed by atoms with Crippen LogP contribution in [-0.2, 0) is 14.3 Å². The first-order chi connectivity index (χ1) is 11.0. The van der Waals surface area contributed by atoms with E-state index in [0.29, 0.717) is 18.4 Å². The molecule has 0 saturated heterocycles. The minimum Gasteiger partial charge on any atom is -0.469 e. The predicted octanol–water partition coefficient (Wildman–Crippen LogP) is 3.65. The average molecular weight is 320 g/mol. The highest BCUT2D eigenvalue weighted by atomic mass is 16.5. The number of ketones is 1. The van der Waals surface area contributed by atoms with Gasteiger partial charge in [0.25, 0.3) is 0 Å². The Kier molecular flexibility index (Phi) is 8.56. The Labute approximate surface area is 138 Å². The quantitative estimate of drug-likeness (QED) is 0.379. The van der Waals surface area contributed by atoms with Crippen LogP contribution < -0.4 is 0 Å². The molecule has 0 saturated carbocycles. The molecule has 1 aliphatic rings. The van der Waals surface area contributed by atoms with Gasteiger partial charge in [-0.2, -0.15) is 0 Å². The Hall–Kier alpha value is -1.68. The number of hydrogen-bond acceptors (Lipinski definition) is 4. The molecule has 0 heterocycles. The van der Waals surface area contributed by atoms with E-state index in [1.165, 1.54) is 13.2 Å². The Morgan fingerprint density at radius 1 is 1.26 bits per heavy atom. The SMILES string of the molecule is CC/C=C/C=C1/C(=O)C=C[C@]1(O)CCCCCCCC(=O)OC. The Morgan fingerprint density at radius 3 is 2.65 bits per heavy atom. The first-order valence-corrected chi connectivity index (χ1v) is 8.43. The van der Waals surface area contributed by atoms with Gasteiger partial charge in [-0.3, -0.25) is 9.59 Å². The molecule has 0 aromatic rings. The van der Waals surface area contributed by atoms with E-state index in [2.05, 4.69) is 4.74 Å². The van der Waals surface area contributed by atoms with Gasteiger partial charge in [0.15, 0.2) is 5.78 Å². The van der Waals surface area contributed by atoms with Crippen molar-refractivity contribution in [3.05, 3.63) is 36.0 Å². The molecule has 0 unspecified atom stereocenters. The standard InChI is InChI=1S/C19H28O4/c1-3-4-8-11-16-17(20)13-15-19(16,22)14-10-7-5-6-9-12-18(21)23-2/h4,8,11,13,15,22H,3,5-7,9-10,12,14H2,1-2H3/b8-4+,16-11-/t19-/m1/s1. The highest BCUT2D eigenvalue weighted by Crippen LogP contribution is 2.31. The summed E-state index contributed by atoms with van der Waals surface area (Å²) in [5, 5.41) is 10.7. The summed E-state index contributed by atoms with van der Waals surface area (Å²) in [5.41, 5.74) is -0.658. The molecule has 1 N–H and O–H groups in total. The van der Waals surface area contributed by atoms with Crippen LogP contribution in [-0.4, -0.2) is 29.6 Å². The van der Waals surface area contributed by atoms with Crippen molar-refractivity contribution in [2.24, 2.45) is 0 Å². The number of rotatable bonds is 10. The third kappa shape index (κ3) is 6.53. The molecule has 1 aliphatic carbocycles. The maximum absolute atomic E-state index is 11.9. The average Bonchev–Trinajstić information content (AvgIpc) is 2.82. The fourth-order valence-electron chi connectivity index (χ4n) is 2.65.